The fourth-order valence-electron chi connectivity index (χ4n) is 5.19. The number of carbonyl (C=O) groups is 3. The van der Waals surface area contributed by atoms with Gasteiger partial charge in [0.05, 0.1) is 29.9 Å². The number of halogens is 1. The Morgan fingerprint density at radius 3 is 2.42 bits per heavy atom. The van der Waals surface area contributed by atoms with Gasteiger partial charge in [-0.05, 0) is 36.8 Å². The molecule has 2 aromatic carbocycles. The molecule has 3 amide bonds. The van der Waals surface area contributed by atoms with E-state index >= 15 is 0 Å². The fourth-order valence-corrected chi connectivity index (χ4v) is 5.19. The van der Waals surface area contributed by atoms with E-state index in [1.54, 1.807) is 0 Å². The third-order valence-corrected chi connectivity index (χ3v) is 7.20. The predicted molar refractivity (Wildman–Crippen MR) is 130 cm³/mol. The number of aliphatic hydroxyl groups is 6. The molecular weight excluding hydrogens is 535 g/mol. The van der Waals surface area contributed by atoms with Crippen molar-refractivity contribution >= 4 is 23.4 Å². The van der Waals surface area contributed by atoms with Gasteiger partial charge < -0.3 is 40.7 Å². The first kappa shape index (κ1) is 28.0. The van der Waals surface area contributed by atoms with Gasteiger partial charge in [-0.25, -0.2) is 9.29 Å². The summed E-state index contributed by atoms with van der Waals surface area (Å²) in [5.41, 5.74) is -2.43. The van der Waals surface area contributed by atoms with Crippen molar-refractivity contribution in [1.29, 1.82) is 0 Å². The molecule has 2 fully saturated rings. The molecule has 40 heavy (non-hydrogen) atoms. The lowest BCUT2D eigenvalue weighted by Crippen LogP contribution is -2.58. The van der Waals surface area contributed by atoms with Gasteiger partial charge in [0.15, 0.2) is 0 Å². The third kappa shape index (κ3) is 4.61. The molecule has 0 aromatic heterocycles. The van der Waals surface area contributed by atoms with Gasteiger partial charge >= 0.3 is 0 Å². The SMILES string of the molecule is O=C1CCC(N2C(=O)c3cccc(NC(O)(O)c4cc(C(O)(O)N5CCOCC5)ccc4F)c3C2(O)O)C(=O)N1. The number of rotatable bonds is 6. The zero-order valence-corrected chi connectivity index (χ0v) is 20.9. The number of amides is 3. The standard InChI is InChI=1S/C25H27FN4O10/c26-16-5-4-13(24(36,37)29-8-10-40-11-9-29)12-15(16)23(34,35)28-17-3-1-2-14-20(17)25(38,39)30(22(14)33)18-6-7-19(31)27-21(18)32/h1-5,12,18,28,34-39H,6-11H2,(H,27,31,32). The summed E-state index contributed by atoms with van der Waals surface area (Å²) < 4.78 is 20.1. The van der Waals surface area contributed by atoms with Crippen LogP contribution in [0.5, 0.6) is 0 Å². The second-order valence-electron chi connectivity index (χ2n) is 9.73. The Labute approximate surface area is 225 Å². The summed E-state index contributed by atoms with van der Waals surface area (Å²) in [4.78, 5) is 38.8. The van der Waals surface area contributed by atoms with Crippen LogP contribution in [-0.4, -0.2) is 90.5 Å². The van der Waals surface area contributed by atoms with Gasteiger partial charge in [0, 0.05) is 30.8 Å². The molecule has 1 unspecified atom stereocenters. The van der Waals surface area contributed by atoms with Gasteiger partial charge in [-0.1, -0.05) is 6.07 Å². The monoisotopic (exact) mass is 562 g/mol. The van der Waals surface area contributed by atoms with Crippen molar-refractivity contribution in [3.63, 3.8) is 0 Å². The second-order valence-corrected chi connectivity index (χ2v) is 9.73. The molecule has 2 aromatic rings. The van der Waals surface area contributed by atoms with Gasteiger partial charge in [0.2, 0.25) is 11.8 Å². The Bertz CT molecular complexity index is 1380. The first-order valence-corrected chi connectivity index (χ1v) is 12.3. The number of benzene rings is 2. The number of hydrogen-bond donors (Lipinski definition) is 8. The molecule has 3 aliphatic rings. The average molecular weight is 563 g/mol. The van der Waals surface area contributed by atoms with Crippen molar-refractivity contribution < 1.29 is 54.2 Å². The average Bonchev–Trinajstić information content (AvgIpc) is 3.10. The van der Waals surface area contributed by atoms with Crippen molar-refractivity contribution in [2.45, 2.75) is 36.6 Å². The number of carbonyl (C=O) groups excluding carboxylic acids is 3. The van der Waals surface area contributed by atoms with Crippen molar-refractivity contribution in [3.05, 3.63) is 64.5 Å². The van der Waals surface area contributed by atoms with E-state index in [0.29, 0.717) is 4.90 Å². The van der Waals surface area contributed by atoms with Crippen LogP contribution in [0.25, 0.3) is 0 Å². The second kappa shape index (κ2) is 9.83. The van der Waals surface area contributed by atoms with Crippen molar-refractivity contribution in [1.82, 2.24) is 15.1 Å². The molecule has 0 radical (unpaired) electrons. The number of hydrogen-bond acceptors (Lipinski definition) is 12. The molecule has 5 rings (SSSR count). The Hall–Kier alpha value is -3.54. The van der Waals surface area contributed by atoms with Crippen LogP contribution < -0.4 is 10.6 Å². The van der Waals surface area contributed by atoms with Crippen LogP contribution in [0.2, 0.25) is 0 Å². The van der Waals surface area contributed by atoms with Crippen LogP contribution in [0.4, 0.5) is 10.1 Å². The quantitative estimate of drug-likeness (QED) is 0.139. The van der Waals surface area contributed by atoms with Gasteiger partial charge in [-0.15, -0.1) is 0 Å². The number of imide groups is 1. The summed E-state index contributed by atoms with van der Waals surface area (Å²) in [6, 6.07) is 4.87. The Balaban J connectivity index is 1.49. The molecule has 0 aliphatic carbocycles. The van der Waals surface area contributed by atoms with Gasteiger partial charge in [-0.3, -0.25) is 24.6 Å². The molecular formula is C25H27FN4O10. The maximum absolute atomic E-state index is 14.9. The Morgan fingerprint density at radius 2 is 1.75 bits per heavy atom. The Morgan fingerprint density at radius 1 is 1.05 bits per heavy atom. The highest BCUT2D eigenvalue weighted by molar-refractivity contribution is 6.06. The van der Waals surface area contributed by atoms with E-state index in [0.717, 1.165) is 24.3 Å². The fraction of sp³-hybridized carbons (Fsp3) is 0.400. The van der Waals surface area contributed by atoms with Gasteiger partial charge in [0.25, 0.3) is 23.6 Å². The maximum atomic E-state index is 14.9. The van der Waals surface area contributed by atoms with E-state index in [4.69, 9.17) is 4.74 Å². The van der Waals surface area contributed by atoms with Crippen molar-refractivity contribution in [2.24, 2.45) is 0 Å². The van der Waals surface area contributed by atoms with E-state index in [1.165, 1.54) is 17.0 Å². The lowest BCUT2D eigenvalue weighted by atomic mass is 10.0. The molecule has 0 spiro atoms. The number of ether oxygens (including phenoxy) is 1. The van der Waals surface area contributed by atoms with E-state index in [-0.39, 0.29) is 50.3 Å². The van der Waals surface area contributed by atoms with E-state index in [9.17, 15) is 49.4 Å². The smallest absolute Gasteiger partial charge is 0.281 e. The normalized spacial score (nSPS) is 21.8. The number of anilines is 1. The number of morpholine rings is 1. The zero-order valence-electron chi connectivity index (χ0n) is 20.9. The molecule has 0 saturated carbocycles. The van der Waals surface area contributed by atoms with Gasteiger partial charge in [-0.2, -0.15) is 0 Å². The zero-order chi connectivity index (χ0) is 29.0. The van der Waals surface area contributed by atoms with Crippen molar-refractivity contribution in [3.8, 4) is 0 Å². The van der Waals surface area contributed by atoms with E-state index in [2.05, 4.69) is 5.32 Å². The lowest BCUT2D eigenvalue weighted by molar-refractivity contribution is -0.287. The molecule has 15 heteroatoms. The summed E-state index contributed by atoms with van der Waals surface area (Å²) in [7, 11) is 0. The van der Waals surface area contributed by atoms with Crippen LogP contribution in [-0.2, 0) is 32.1 Å². The maximum Gasteiger partial charge on any atom is 0.281 e. The summed E-state index contributed by atoms with van der Waals surface area (Å²) in [6.45, 7) is 0.676. The third-order valence-electron chi connectivity index (χ3n) is 7.20. The highest BCUT2D eigenvalue weighted by Gasteiger charge is 2.55. The van der Waals surface area contributed by atoms with Crippen LogP contribution in [0.1, 0.15) is 39.9 Å². The molecule has 0 bridgehead atoms. The Kier molecular flexibility index (Phi) is 6.88. The largest absolute Gasteiger partial charge is 0.379 e. The first-order valence-electron chi connectivity index (χ1n) is 12.3. The number of nitrogens with zero attached hydrogens (tertiary/aromatic N) is 2. The number of fused-ring (bicyclic) bond motifs is 1. The van der Waals surface area contributed by atoms with Crippen LogP contribution in [0, 0.1) is 5.82 Å². The molecule has 3 heterocycles. The molecule has 3 aliphatic heterocycles. The van der Waals surface area contributed by atoms with E-state index in [1.807, 2.05) is 5.32 Å². The topological polar surface area (TPSA) is 212 Å². The minimum atomic E-state index is -3.28. The van der Waals surface area contributed by atoms with Crippen LogP contribution in [0.15, 0.2) is 36.4 Å². The first-order chi connectivity index (χ1) is 18.7. The molecule has 8 N–H and O–H groups in total. The highest BCUT2D eigenvalue weighted by Crippen LogP contribution is 2.43. The van der Waals surface area contributed by atoms with Crippen LogP contribution in [0.3, 0.4) is 0 Å². The summed E-state index contributed by atoms with van der Waals surface area (Å²) in [5.74, 6) is -12.7. The predicted octanol–water partition coefficient (Wildman–Crippen LogP) is -2.18. The highest BCUT2D eigenvalue weighted by atomic mass is 19.1. The lowest BCUT2D eigenvalue weighted by Gasteiger charge is -2.38. The van der Waals surface area contributed by atoms with Crippen molar-refractivity contribution in [2.75, 3.05) is 31.6 Å². The number of nitrogens with one attached hydrogen (secondary N) is 2. The van der Waals surface area contributed by atoms with Crippen LogP contribution >= 0.6 is 0 Å². The van der Waals surface area contributed by atoms with Gasteiger partial charge in [0.1, 0.15) is 11.9 Å². The molecule has 14 nitrogen and oxygen atoms in total. The molecule has 214 valence electrons. The van der Waals surface area contributed by atoms with E-state index < -0.39 is 64.1 Å². The minimum absolute atomic E-state index is 0.129. The summed E-state index contributed by atoms with van der Waals surface area (Å²) in [5, 5.41) is 69.6. The summed E-state index contributed by atoms with van der Waals surface area (Å²) in [6.07, 6.45) is -0.351. The summed E-state index contributed by atoms with van der Waals surface area (Å²) >= 11 is 0. The minimum Gasteiger partial charge on any atom is -0.379 e. The molecule has 2 saturated heterocycles. The number of piperidine rings is 1. The molecule has 1 atom stereocenters.